The lowest BCUT2D eigenvalue weighted by atomic mass is 10.2. The molecule has 0 saturated heterocycles. The van der Waals surface area contributed by atoms with Crippen LogP contribution in [0.4, 0.5) is 0 Å². The fourth-order valence-electron chi connectivity index (χ4n) is 1.61. The summed E-state index contributed by atoms with van der Waals surface area (Å²) in [6.45, 7) is 2.16. The average Bonchev–Trinajstić information content (AvgIpc) is 2.45. The van der Waals surface area contributed by atoms with E-state index in [9.17, 15) is 0 Å². The van der Waals surface area contributed by atoms with E-state index in [1.807, 2.05) is 23.9 Å². The summed E-state index contributed by atoms with van der Waals surface area (Å²) in [5.41, 5.74) is 3.20. The van der Waals surface area contributed by atoms with Crippen LogP contribution in [0.15, 0.2) is 16.7 Å². The molecule has 4 heteroatoms. The molecule has 0 amide bonds. The summed E-state index contributed by atoms with van der Waals surface area (Å²) < 4.78 is 2.79. The van der Waals surface area contributed by atoms with Crippen LogP contribution in [0.25, 0.3) is 11.0 Å². The predicted molar refractivity (Wildman–Crippen MR) is 60.2 cm³/mol. The first-order chi connectivity index (χ1) is 6.72. The first-order valence-corrected chi connectivity index (χ1v) is 5.49. The first-order valence-electron chi connectivity index (χ1n) is 4.70. The summed E-state index contributed by atoms with van der Waals surface area (Å²) >= 11 is 3.38. The third kappa shape index (κ3) is 1.54. The van der Waals surface area contributed by atoms with E-state index in [1.165, 1.54) is 5.69 Å². The fourth-order valence-corrected chi connectivity index (χ4v) is 1.92. The van der Waals surface area contributed by atoms with Gasteiger partial charge in [0, 0.05) is 7.05 Å². The lowest BCUT2D eigenvalue weighted by molar-refractivity contribution is 0.705. The second-order valence-electron chi connectivity index (χ2n) is 3.32. The van der Waals surface area contributed by atoms with Crippen molar-refractivity contribution in [3.05, 3.63) is 22.4 Å². The van der Waals surface area contributed by atoms with Gasteiger partial charge in [-0.1, -0.05) is 13.3 Å². The molecule has 0 saturated carbocycles. The third-order valence-corrected chi connectivity index (χ3v) is 2.69. The Morgan fingerprint density at radius 1 is 1.43 bits per heavy atom. The standard InChI is InChI=1S/C10H12BrN3/c1-3-4-8-10-7(13-14(8)2)5-6-9(11)12-10/h5-6H,3-4H2,1-2H3. The van der Waals surface area contributed by atoms with Gasteiger partial charge in [0.2, 0.25) is 0 Å². The highest BCUT2D eigenvalue weighted by molar-refractivity contribution is 9.10. The summed E-state index contributed by atoms with van der Waals surface area (Å²) in [5.74, 6) is 0. The van der Waals surface area contributed by atoms with Gasteiger partial charge in [-0.15, -0.1) is 0 Å². The van der Waals surface area contributed by atoms with Crippen molar-refractivity contribution < 1.29 is 0 Å². The molecule has 74 valence electrons. The molecule has 0 atom stereocenters. The maximum atomic E-state index is 4.45. The number of hydrogen-bond acceptors (Lipinski definition) is 2. The Kier molecular flexibility index (Phi) is 2.54. The Bertz CT molecular complexity index is 462. The molecule has 0 fully saturated rings. The van der Waals surface area contributed by atoms with Crippen molar-refractivity contribution in [2.45, 2.75) is 19.8 Å². The molecule has 2 aromatic rings. The van der Waals surface area contributed by atoms with E-state index in [2.05, 4.69) is 32.9 Å². The van der Waals surface area contributed by atoms with Gasteiger partial charge in [0.1, 0.15) is 15.6 Å². The van der Waals surface area contributed by atoms with Crippen LogP contribution in [0, 0.1) is 0 Å². The first kappa shape index (κ1) is 9.65. The van der Waals surface area contributed by atoms with Crippen LogP contribution in [0.2, 0.25) is 0 Å². The molecule has 3 nitrogen and oxygen atoms in total. The Morgan fingerprint density at radius 2 is 2.21 bits per heavy atom. The molecule has 0 aromatic carbocycles. The number of aryl methyl sites for hydroxylation is 2. The van der Waals surface area contributed by atoms with Crippen molar-refractivity contribution in [2.24, 2.45) is 7.05 Å². The topological polar surface area (TPSA) is 30.7 Å². The number of pyridine rings is 1. The van der Waals surface area contributed by atoms with Gasteiger partial charge in [-0.05, 0) is 34.5 Å². The Balaban J connectivity index is 2.66. The molecule has 0 radical (unpaired) electrons. The Morgan fingerprint density at radius 3 is 2.93 bits per heavy atom. The second kappa shape index (κ2) is 3.69. The highest BCUT2D eigenvalue weighted by Crippen LogP contribution is 2.19. The van der Waals surface area contributed by atoms with Gasteiger partial charge in [-0.25, -0.2) is 4.98 Å². The van der Waals surface area contributed by atoms with Crippen LogP contribution >= 0.6 is 15.9 Å². The van der Waals surface area contributed by atoms with E-state index in [-0.39, 0.29) is 0 Å². The van der Waals surface area contributed by atoms with Gasteiger partial charge < -0.3 is 0 Å². The van der Waals surface area contributed by atoms with E-state index in [1.54, 1.807) is 0 Å². The lowest BCUT2D eigenvalue weighted by Gasteiger charge is -1.98. The molecule has 0 unspecified atom stereocenters. The van der Waals surface area contributed by atoms with Gasteiger partial charge >= 0.3 is 0 Å². The maximum absolute atomic E-state index is 4.45. The zero-order valence-corrected chi connectivity index (χ0v) is 9.87. The molecule has 0 aliphatic heterocycles. The molecule has 14 heavy (non-hydrogen) atoms. The molecular weight excluding hydrogens is 242 g/mol. The van der Waals surface area contributed by atoms with Crippen LogP contribution in [-0.4, -0.2) is 14.8 Å². The average molecular weight is 254 g/mol. The van der Waals surface area contributed by atoms with E-state index >= 15 is 0 Å². The van der Waals surface area contributed by atoms with Crippen molar-refractivity contribution in [1.29, 1.82) is 0 Å². The van der Waals surface area contributed by atoms with Gasteiger partial charge in [0.15, 0.2) is 0 Å². The lowest BCUT2D eigenvalue weighted by Crippen LogP contribution is -1.97. The smallest absolute Gasteiger partial charge is 0.113 e. The van der Waals surface area contributed by atoms with E-state index in [0.29, 0.717) is 0 Å². The molecule has 0 N–H and O–H groups in total. The maximum Gasteiger partial charge on any atom is 0.113 e. The summed E-state index contributed by atoms with van der Waals surface area (Å²) in [4.78, 5) is 4.45. The Hall–Kier alpha value is -0.900. The normalized spacial score (nSPS) is 11.1. The van der Waals surface area contributed by atoms with Crippen LogP contribution < -0.4 is 0 Å². The monoisotopic (exact) mass is 253 g/mol. The molecule has 2 aromatic heterocycles. The summed E-state index contributed by atoms with van der Waals surface area (Å²) in [6, 6.07) is 3.91. The molecule has 0 aliphatic rings. The van der Waals surface area contributed by atoms with Gasteiger partial charge in [0.05, 0.1) is 5.69 Å². The zero-order valence-electron chi connectivity index (χ0n) is 8.29. The highest BCUT2D eigenvalue weighted by atomic mass is 79.9. The SMILES string of the molecule is CCCc1c2nc(Br)ccc2nn1C. The minimum Gasteiger partial charge on any atom is -0.270 e. The number of nitrogens with zero attached hydrogens (tertiary/aromatic N) is 3. The summed E-state index contributed by atoms with van der Waals surface area (Å²) in [6.07, 6.45) is 2.14. The van der Waals surface area contributed by atoms with Crippen LogP contribution in [0.5, 0.6) is 0 Å². The zero-order chi connectivity index (χ0) is 10.1. The molecular formula is C10H12BrN3. The fraction of sp³-hybridized carbons (Fsp3) is 0.400. The minimum atomic E-state index is 0.871. The van der Waals surface area contributed by atoms with E-state index in [0.717, 1.165) is 28.5 Å². The quantitative estimate of drug-likeness (QED) is 0.771. The number of fused-ring (bicyclic) bond motifs is 1. The van der Waals surface area contributed by atoms with Crippen LogP contribution in [0.3, 0.4) is 0 Å². The van der Waals surface area contributed by atoms with Crippen molar-refractivity contribution in [3.63, 3.8) is 0 Å². The molecule has 0 bridgehead atoms. The van der Waals surface area contributed by atoms with Crippen molar-refractivity contribution in [1.82, 2.24) is 14.8 Å². The number of hydrogen-bond donors (Lipinski definition) is 0. The van der Waals surface area contributed by atoms with Crippen molar-refractivity contribution in [2.75, 3.05) is 0 Å². The molecule has 0 aliphatic carbocycles. The van der Waals surface area contributed by atoms with Crippen LogP contribution in [-0.2, 0) is 13.5 Å². The molecule has 2 rings (SSSR count). The molecule has 0 spiro atoms. The largest absolute Gasteiger partial charge is 0.270 e. The highest BCUT2D eigenvalue weighted by Gasteiger charge is 2.09. The third-order valence-electron chi connectivity index (χ3n) is 2.25. The summed E-state index contributed by atoms with van der Waals surface area (Å²) in [7, 11) is 1.97. The van der Waals surface area contributed by atoms with Gasteiger partial charge in [0.25, 0.3) is 0 Å². The van der Waals surface area contributed by atoms with Crippen LogP contribution in [0.1, 0.15) is 19.0 Å². The molecule has 2 heterocycles. The van der Waals surface area contributed by atoms with Gasteiger partial charge in [-0.3, -0.25) is 4.68 Å². The predicted octanol–water partition coefficient (Wildman–Crippen LogP) is 2.68. The Labute approximate surface area is 91.3 Å². The second-order valence-corrected chi connectivity index (χ2v) is 4.13. The van der Waals surface area contributed by atoms with E-state index < -0.39 is 0 Å². The summed E-state index contributed by atoms with van der Waals surface area (Å²) in [5, 5.41) is 4.41. The van der Waals surface area contributed by atoms with Crippen molar-refractivity contribution >= 4 is 27.0 Å². The van der Waals surface area contributed by atoms with Crippen molar-refractivity contribution in [3.8, 4) is 0 Å². The van der Waals surface area contributed by atoms with E-state index in [4.69, 9.17) is 0 Å². The number of halogens is 1. The minimum absolute atomic E-state index is 0.871. The number of rotatable bonds is 2. The van der Waals surface area contributed by atoms with Gasteiger partial charge in [-0.2, -0.15) is 5.10 Å². The number of aromatic nitrogens is 3.